The highest BCUT2D eigenvalue weighted by Gasteiger charge is 2.31. The monoisotopic (exact) mass is 360 g/mol. The summed E-state index contributed by atoms with van der Waals surface area (Å²) in [5.41, 5.74) is 0.715. The lowest BCUT2D eigenvalue weighted by atomic mass is 10.1. The molecule has 1 saturated heterocycles. The van der Waals surface area contributed by atoms with Crippen molar-refractivity contribution >= 4 is 21.6 Å². The number of halogens is 2. The molecule has 25 heavy (non-hydrogen) atoms. The number of hydrogen-bond acceptors (Lipinski definition) is 4. The number of benzene rings is 2. The highest BCUT2D eigenvalue weighted by molar-refractivity contribution is 7.18. The third kappa shape index (κ3) is 3.17. The number of β-amino-alcohol motifs (C(OH)–C–C–N with tert-alkyl or cyclic N) is 1. The fourth-order valence-electron chi connectivity index (χ4n) is 3.50. The molecule has 2 atom stereocenters. The van der Waals surface area contributed by atoms with Gasteiger partial charge in [-0.15, -0.1) is 11.3 Å². The first-order chi connectivity index (χ1) is 12.1. The van der Waals surface area contributed by atoms with Crippen molar-refractivity contribution in [2.45, 2.75) is 25.0 Å². The SMILES string of the molecule is O[C@H](CN1CCC[C@@H]1c1nc2ccccc2s1)c1c(F)cccc1F. The molecule has 3 aromatic rings. The summed E-state index contributed by atoms with van der Waals surface area (Å²) < 4.78 is 28.9. The van der Waals surface area contributed by atoms with Crippen LogP contribution in [-0.4, -0.2) is 28.1 Å². The van der Waals surface area contributed by atoms with E-state index in [-0.39, 0.29) is 18.2 Å². The van der Waals surface area contributed by atoms with E-state index in [1.165, 1.54) is 18.2 Å². The van der Waals surface area contributed by atoms with Crippen molar-refractivity contribution in [2.75, 3.05) is 13.1 Å². The van der Waals surface area contributed by atoms with Gasteiger partial charge in [-0.3, -0.25) is 4.90 Å². The van der Waals surface area contributed by atoms with E-state index in [4.69, 9.17) is 4.98 Å². The number of aliphatic hydroxyl groups is 1. The zero-order valence-corrected chi connectivity index (χ0v) is 14.3. The first-order valence-corrected chi connectivity index (χ1v) is 9.16. The normalized spacial score (nSPS) is 19.6. The zero-order valence-electron chi connectivity index (χ0n) is 13.5. The van der Waals surface area contributed by atoms with E-state index in [0.717, 1.165) is 34.6 Å². The second kappa shape index (κ2) is 6.78. The molecular formula is C19H18F2N2OS. The number of aliphatic hydroxyl groups excluding tert-OH is 1. The molecule has 0 radical (unpaired) electrons. The Morgan fingerprint density at radius 1 is 1.16 bits per heavy atom. The number of hydrogen-bond donors (Lipinski definition) is 1. The lowest BCUT2D eigenvalue weighted by molar-refractivity contribution is 0.100. The van der Waals surface area contributed by atoms with E-state index in [1.807, 2.05) is 24.3 Å². The second-order valence-electron chi connectivity index (χ2n) is 6.32. The van der Waals surface area contributed by atoms with Crippen LogP contribution in [0, 0.1) is 11.6 Å². The molecule has 1 N–H and O–H groups in total. The molecule has 0 amide bonds. The Bertz CT molecular complexity index is 845. The topological polar surface area (TPSA) is 36.4 Å². The number of fused-ring (bicyclic) bond motifs is 1. The molecule has 0 spiro atoms. The molecule has 6 heteroatoms. The lowest BCUT2D eigenvalue weighted by Crippen LogP contribution is -2.29. The molecule has 1 aliphatic heterocycles. The first-order valence-electron chi connectivity index (χ1n) is 8.35. The van der Waals surface area contributed by atoms with Crippen molar-refractivity contribution in [3.63, 3.8) is 0 Å². The van der Waals surface area contributed by atoms with E-state index < -0.39 is 17.7 Å². The molecule has 3 nitrogen and oxygen atoms in total. The summed E-state index contributed by atoms with van der Waals surface area (Å²) in [5, 5.41) is 11.4. The molecule has 130 valence electrons. The van der Waals surface area contributed by atoms with E-state index in [1.54, 1.807) is 11.3 Å². The van der Waals surface area contributed by atoms with E-state index in [9.17, 15) is 13.9 Å². The van der Waals surface area contributed by atoms with Crippen LogP contribution in [0.15, 0.2) is 42.5 Å². The van der Waals surface area contributed by atoms with Gasteiger partial charge in [0.15, 0.2) is 0 Å². The summed E-state index contributed by atoms with van der Waals surface area (Å²) in [6.45, 7) is 0.978. The molecule has 0 unspecified atom stereocenters. The van der Waals surface area contributed by atoms with Crippen LogP contribution in [0.3, 0.4) is 0 Å². The van der Waals surface area contributed by atoms with Crippen LogP contribution >= 0.6 is 11.3 Å². The van der Waals surface area contributed by atoms with Gasteiger partial charge in [0.25, 0.3) is 0 Å². The Morgan fingerprint density at radius 3 is 2.68 bits per heavy atom. The van der Waals surface area contributed by atoms with Gasteiger partial charge in [0.05, 0.1) is 27.9 Å². The van der Waals surface area contributed by atoms with E-state index >= 15 is 0 Å². The summed E-state index contributed by atoms with van der Waals surface area (Å²) in [7, 11) is 0. The van der Waals surface area contributed by atoms with Gasteiger partial charge >= 0.3 is 0 Å². The van der Waals surface area contributed by atoms with Gasteiger partial charge in [-0.25, -0.2) is 13.8 Å². The van der Waals surface area contributed by atoms with Crippen molar-refractivity contribution < 1.29 is 13.9 Å². The van der Waals surface area contributed by atoms with Gasteiger partial charge in [-0.1, -0.05) is 18.2 Å². The molecule has 0 saturated carbocycles. The lowest BCUT2D eigenvalue weighted by Gasteiger charge is -2.25. The molecule has 1 fully saturated rings. The minimum atomic E-state index is -1.20. The van der Waals surface area contributed by atoms with Gasteiger partial charge in [0, 0.05) is 6.54 Å². The Hall–Kier alpha value is -1.89. The van der Waals surface area contributed by atoms with Crippen molar-refractivity contribution in [3.8, 4) is 0 Å². The number of aromatic nitrogens is 1. The van der Waals surface area contributed by atoms with Crippen molar-refractivity contribution in [1.82, 2.24) is 9.88 Å². The van der Waals surface area contributed by atoms with E-state index in [0.29, 0.717) is 0 Å². The Labute approximate surface area is 148 Å². The minimum Gasteiger partial charge on any atom is -0.387 e. The molecule has 1 aliphatic rings. The predicted molar refractivity (Wildman–Crippen MR) is 94.5 cm³/mol. The van der Waals surface area contributed by atoms with Crippen molar-refractivity contribution in [1.29, 1.82) is 0 Å². The Kier molecular flexibility index (Phi) is 4.50. The fraction of sp³-hybridized carbons (Fsp3) is 0.316. The van der Waals surface area contributed by atoms with Crippen molar-refractivity contribution in [2.24, 2.45) is 0 Å². The molecular weight excluding hydrogens is 342 g/mol. The average Bonchev–Trinajstić information content (AvgIpc) is 3.20. The third-order valence-corrected chi connectivity index (χ3v) is 5.84. The minimum absolute atomic E-state index is 0.0851. The number of likely N-dealkylation sites (tertiary alicyclic amines) is 1. The highest BCUT2D eigenvalue weighted by Crippen LogP contribution is 2.37. The predicted octanol–water partition coefficient (Wildman–Crippen LogP) is 4.45. The molecule has 4 rings (SSSR count). The van der Waals surface area contributed by atoms with Crippen LogP contribution in [0.1, 0.15) is 35.6 Å². The van der Waals surface area contributed by atoms with Gasteiger partial charge in [-0.05, 0) is 43.7 Å². The number of thiazole rings is 1. The standard InChI is InChI=1S/C19H18F2N2OS/c20-12-5-3-6-13(21)18(12)16(24)11-23-10-4-8-15(23)19-22-14-7-1-2-9-17(14)25-19/h1-3,5-7,9,15-16,24H,4,8,10-11H2/t15-,16-/m1/s1. The maximum absolute atomic E-state index is 13.9. The summed E-state index contributed by atoms with van der Waals surface area (Å²) >= 11 is 1.64. The largest absolute Gasteiger partial charge is 0.387 e. The number of para-hydroxylation sites is 1. The summed E-state index contributed by atoms with van der Waals surface area (Å²) in [5.74, 6) is -1.41. The third-order valence-electron chi connectivity index (χ3n) is 4.70. The van der Waals surface area contributed by atoms with Crippen LogP contribution in [0.2, 0.25) is 0 Å². The maximum atomic E-state index is 13.9. The maximum Gasteiger partial charge on any atom is 0.131 e. The van der Waals surface area contributed by atoms with Crippen LogP contribution in [-0.2, 0) is 0 Å². The van der Waals surface area contributed by atoms with Gasteiger partial charge in [0.1, 0.15) is 16.6 Å². The van der Waals surface area contributed by atoms with Gasteiger partial charge in [-0.2, -0.15) is 0 Å². The van der Waals surface area contributed by atoms with Crippen LogP contribution in [0.25, 0.3) is 10.2 Å². The quantitative estimate of drug-likeness (QED) is 0.747. The summed E-state index contributed by atoms with van der Waals surface area (Å²) in [6.07, 6.45) is 0.718. The molecule has 1 aromatic heterocycles. The fourth-order valence-corrected chi connectivity index (χ4v) is 4.64. The number of nitrogens with zero attached hydrogens (tertiary/aromatic N) is 2. The molecule has 2 aromatic carbocycles. The van der Waals surface area contributed by atoms with Crippen LogP contribution < -0.4 is 0 Å². The second-order valence-corrected chi connectivity index (χ2v) is 7.39. The molecule has 0 aliphatic carbocycles. The van der Waals surface area contributed by atoms with Crippen molar-refractivity contribution in [3.05, 3.63) is 64.7 Å². The summed E-state index contributed by atoms with van der Waals surface area (Å²) in [4.78, 5) is 6.78. The smallest absolute Gasteiger partial charge is 0.131 e. The van der Waals surface area contributed by atoms with Gasteiger partial charge in [0.2, 0.25) is 0 Å². The molecule has 0 bridgehead atoms. The average molecular weight is 360 g/mol. The first kappa shape index (κ1) is 16.6. The highest BCUT2D eigenvalue weighted by atomic mass is 32.1. The summed E-state index contributed by atoms with van der Waals surface area (Å²) in [6, 6.07) is 11.7. The van der Waals surface area contributed by atoms with Gasteiger partial charge < -0.3 is 5.11 Å². The Morgan fingerprint density at radius 2 is 1.92 bits per heavy atom. The van der Waals surface area contributed by atoms with Crippen LogP contribution in [0.4, 0.5) is 8.78 Å². The number of rotatable bonds is 4. The Balaban J connectivity index is 1.57. The zero-order chi connectivity index (χ0) is 17.4. The molecule has 2 heterocycles. The van der Waals surface area contributed by atoms with E-state index in [2.05, 4.69) is 4.90 Å². The van der Waals surface area contributed by atoms with Crippen LogP contribution in [0.5, 0.6) is 0 Å².